The summed E-state index contributed by atoms with van der Waals surface area (Å²) in [6.07, 6.45) is 1.95. The third-order valence-corrected chi connectivity index (χ3v) is 4.37. The maximum atomic E-state index is 10.4. The molecule has 2 heterocycles. The molecule has 0 unspecified atom stereocenters. The summed E-state index contributed by atoms with van der Waals surface area (Å²) >= 11 is 0. The first-order valence-electron chi connectivity index (χ1n) is 8.27. The topological polar surface area (TPSA) is 61.4 Å². The molecule has 1 aliphatic rings. The largest absolute Gasteiger partial charge is 0.488 e. The number of aliphatic hydroxyl groups excluding tert-OH is 1. The van der Waals surface area contributed by atoms with Crippen LogP contribution in [0.25, 0.3) is 0 Å². The Morgan fingerprint density at radius 2 is 2.26 bits per heavy atom. The van der Waals surface area contributed by atoms with Crippen LogP contribution in [0.3, 0.4) is 0 Å². The number of rotatable bonds is 5. The second kappa shape index (κ2) is 7.15. The number of piperidine rings is 1. The fourth-order valence-corrected chi connectivity index (χ4v) is 2.99. The molecule has 23 heavy (non-hydrogen) atoms. The Kier molecular flexibility index (Phi) is 4.98. The van der Waals surface area contributed by atoms with E-state index in [0.29, 0.717) is 12.5 Å². The van der Waals surface area contributed by atoms with Crippen LogP contribution in [0.15, 0.2) is 36.5 Å². The molecule has 1 saturated heterocycles. The molecule has 0 bridgehead atoms. The van der Waals surface area contributed by atoms with E-state index >= 15 is 0 Å². The van der Waals surface area contributed by atoms with Gasteiger partial charge in [0.25, 0.3) is 0 Å². The molecule has 0 aliphatic carbocycles. The molecular formula is C18H25N3O2. The van der Waals surface area contributed by atoms with Crippen molar-refractivity contribution in [3.05, 3.63) is 47.8 Å². The number of aliphatic hydroxyl groups is 1. The number of hydrogen-bond acceptors (Lipinski definition) is 4. The number of H-pyrrole nitrogens is 1. The van der Waals surface area contributed by atoms with Crippen molar-refractivity contribution < 1.29 is 9.84 Å². The lowest BCUT2D eigenvalue weighted by molar-refractivity contribution is -0.0278. The summed E-state index contributed by atoms with van der Waals surface area (Å²) in [7, 11) is 0. The van der Waals surface area contributed by atoms with Crippen LogP contribution in [0.1, 0.15) is 37.4 Å². The average molecular weight is 315 g/mol. The van der Waals surface area contributed by atoms with E-state index in [2.05, 4.69) is 41.1 Å². The van der Waals surface area contributed by atoms with Gasteiger partial charge in [-0.1, -0.05) is 26.0 Å². The molecule has 1 aromatic heterocycles. The van der Waals surface area contributed by atoms with Gasteiger partial charge >= 0.3 is 0 Å². The van der Waals surface area contributed by atoms with Crippen molar-refractivity contribution in [3.8, 4) is 5.75 Å². The number of ether oxygens (including phenoxy) is 1. The van der Waals surface area contributed by atoms with Gasteiger partial charge in [0.05, 0.1) is 0 Å². The average Bonchev–Trinajstić information content (AvgIpc) is 3.03. The van der Waals surface area contributed by atoms with Crippen LogP contribution in [0.4, 0.5) is 0 Å². The summed E-state index contributed by atoms with van der Waals surface area (Å²) in [5.74, 6) is 1.32. The Hall–Kier alpha value is -1.85. The van der Waals surface area contributed by atoms with Gasteiger partial charge in [0.15, 0.2) is 0 Å². The van der Waals surface area contributed by atoms with Crippen LogP contribution >= 0.6 is 0 Å². The van der Waals surface area contributed by atoms with Crippen LogP contribution < -0.4 is 4.74 Å². The minimum absolute atomic E-state index is 0.143. The van der Waals surface area contributed by atoms with E-state index in [1.807, 2.05) is 18.2 Å². The summed E-state index contributed by atoms with van der Waals surface area (Å²) in [6, 6.07) is 10.1. The molecule has 1 aromatic carbocycles. The molecule has 2 atom stereocenters. The van der Waals surface area contributed by atoms with E-state index in [4.69, 9.17) is 4.74 Å². The second-order valence-electron chi connectivity index (χ2n) is 6.56. The predicted octanol–water partition coefficient (Wildman–Crippen LogP) is 2.55. The quantitative estimate of drug-likeness (QED) is 0.890. The molecule has 1 aliphatic heterocycles. The summed E-state index contributed by atoms with van der Waals surface area (Å²) in [5.41, 5.74) is 2.33. The van der Waals surface area contributed by atoms with Crippen LogP contribution in [0.5, 0.6) is 5.75 Å². The van der Waals surface area contributed by atoms with Gasteiger partial charge in [-0.15, -0.1) is 0 Å². The van der Waals surface area contributed by atoms with Gasteiger partial charge in [0.1, 0.15) is 18.0 Å². The van der Waals surface area contributed by atoms with E-state index in [9.17, 15) is 5.11 Å². The lowest BCUT2D eigenvalue weighted by Gasteiger charge is -2.35. The van der Waals surface area contributed by atoms with Gasteiger partial charge in [0, 0.05) is 31.5 Å². The number of aromatic nitrogens is 2. The van der Waals surface area contributed by atoms with Crippen molar-refractivity contribution in [2.75, 3.05) is 13.1 Å². The molecule has 5 nitrogen and oxygen atoms in total. The standard InChI is InChI=1S/C18H25N3O2/c1-13(2)14-4-3-5-16(10-14)23-18-7-9-21(12-17(18)22)11-15-6-8-19-20-15/h3-6,8,10,13,17-18,22H,7,9,11-12H2,1-2H3,(H,19,20)/t17-,18-/m1/s1. The van der Waals surface area contributed by atoms with Crippen molar-refractivity contribution in [3.63, 3.8) is 0 Å². The molecule has 1 fully saturated rings. The first-order valence-corrected chi connectivity index (χ1v) is 8.27. The van der Waals surface area contributed by atoms with Crippen LogP contribution in [-0.2, 0) is 6.54 Å². The molecular weight excluding hydrogens is 290 g/mol. The van der Waals surface area contributed by atoms with Gasteiger partial charge < -0.3 is 9.84 Å². The minimum atomic E-state index is -0.477. The minimum Gasteiger partial charge on any atom is -0.488 e. The number of nitrogens with one attached hydrogen (secondary N) is 1. The SMILES string of the molecule is CC(C)c1cccc(O[C@@H]2CCN(Cc3ccn[nH]3)C[C@H]2O)c1. The normalized spacial score (nSPS) is 22.4. The van der Waals surface area contributed by atoms with E-state index in [1.165, 1.54) is 5.56 Å². The van der Waals surface area contributed by atoms with Crippen LogP contribution in [0.2, 0.25) is 0 Å². The maximum absolute atomic E-state index is 10.4. The number of likely N-dealkylation sites (tertiary alicyclic amines) is 1. The zero-order chi connectivity index (χ0) is 16.2. The second-order valence-corrected chi connectivity index (χ2v) is 6.56. The first kappa shape index (κ1) is 16.0. The first-order chi connectivity index (χ1) is 11.1. The van der Waals surface area contributed by atoms with Crippen LogP contribution in [0, 0.1) is 0 Å². The number of nitrogens with zero attached hydrogens (tertiary/aromatic N) is 2. The fourth-order valence-electron chi connectivity index (χ4n) is 2.99. The van der Waals surface area contributed by atoms with E-state index in [0.717, 1.165) is 31.0 Å². The number of aromatic amines is 1. The molecule has 5 heteroatoms. The van der Waals surface area contributed by atoms with E-state index in [-0.39, 0.29) is 6.10 Å². The highest BCUT2D eigenvalue weighted by atomic mass is 16.5. The van der Waals surface area contributed by atoms with Crippen LogP contribution in [-0.4, -0.2) is 45.5 Å². The molecule has 0 saturated carbocycles. The molecule has 0 radical (unpaired) electrons. The highest BCUT2D eigenvalue weighted by molar-refractivity contribution is 5.30. The lowest BCUT2D eigenvalue weighted by Crippen LogP contribution is -2.48. The van der Waals surface area contributed by atoms with Gasteiger partial charge in [-0.05, 0) is 36.1 Å². The Labute approximate surface area is 137 Å². The van der Waals surface area contributed by atoms with Gasteiger partial charge in [-0.3, -0.25) is 10.00 Å². The third-order valence-electron chi connectivity index (χ3n) is 4.37. The Morgan fingerprint density at radius 1 is 1.39 bits per heavy atom. The lowest BCUT2D eigenvalue weighted by atomic mass is 10.0. The maximum Gasteiger partial charge on any atom is 0.127 e. The molecule has 0 amide bonds. The number of benzene rings is 1. The number of β-amino-alcohol motifs (C(OH)–C–C–N with tert-alkyl or cyclic N) is 1. The Morgan fingerprint density at radius 3 is 2.96 bits per heavy atom. The molecule has 2 N–H and O–H groups in total. The predicted molar refractivity (Wildman–Crippen MR) is 89.4 cm³/mol. The smallest absolute Gasteiger partial charge is 0.127 e. The molecule has 124 valence electrons. The van der Waals surface area contributed by atoms with Crippen molar-refractivity contribution in [2.45, 2.75) is 44.9 Å². The van der Waals surface area contributed by atoms with Crippen molar-refractivity contribution in [2.24, 2.45) is 0 Å². The zero-order valence-corrected chi connectivity index (χ0v) is 13.8. The summed E-state index contributed by atoms with van der Waals surface area (Å²) in [5, 5.41) is 17.3. The highest BCUT2D eigenvalue weighted by Crippen LogP contribution is 2.24. The Bertz CT molecular complexity index is 612. The van der Waals surface area contributed by atoms with Crippen molar-refractivity contribution in [1.29, 1.82) is 0 Å². The van der Waals surface area contributed by atoms with Crippen molar-refractivity contribution in [1.82, 2.24) is 15.1 Å². The van der Waals surface area contributed by atoms with Gasteiger partial charge in [-0.25, -0.2) is 0 Å². The zero-order valence-electron chi connectivity index (χ0n) is 13.8. The number of hydrogen-bond donors (Lipinski definition) is 2. The van der Waals surface area contributed by atoms with E-state index in [1.54, 1.807) is 6.20 Å². The molecule has 0 spiro atoms. The van der Waals surface area contributed by atoms with Crippen molar-refractivity contribution >= 4 is 0 Å². The summed E-state index contributed by atoms with van der Waals surface area (Å²) < 4.78 is 6.05. The molecule has 2 aromatic rings. The summed E-state index contributed by atoms with van der Waals surface area (Å²) in [4.78, 5) is 2.22. The fraction of sp³-hybridized carbons (Fsp3) is 0.500. The Balaban J connectivity index is 1.57. The highest BCUT2D eigenvalue weighted by Gasteiger charge is 2.29. The third kappa shape index (κ3) is 4.12. The van der Waals surface area contributed by atoms with E-state index < -0.39 is 6.10 Å². The summed E-state index contributed by atoms with van der Waals surface area (Å²) in [6.45, 7) is 6.65. The molecule has 3 rings (SSSR count). The monoisotopic (exact) mass is 315 g/mol. The van der Waals surface area contributed by atoms with Gasteiger partial charge in [-0.2, -0.15) is 5.10 Å². The van der Waals surface area contributed by atoms with Gasteiger partial charge in [0.2, 0.25) is 0 Å².